The van der Waals surface area contributed by atoms with Crippen molar-refractivity contribution >= 4 is 74.6 Å². The monoisotopic (exact) mass is 612 g/mol. The maximum Gasteiger partial charge on any atom is 0.0434 e. The molecule has 0 aliphatic rings. The van der Waals surface area contributed by atoms with Crippen LogP contribution >= 0.6 is 11.3 Å². The van der Waals surface area contributed by atoms with E-state index in [1.807, 2.05) is 11.3 Å². The zero-order chi connectivity index (χ0) is 30.9. The molecule has 0 saturated heterocycles. The summed E-state index contributed by atoms with van der Waals surface area (Å²) in [6.45, 7) is 0. The maximum absolute atomic E-state index is 2.41. The number of hydrogen-bond acceptors (Lipinski definition) is 1. The molecule has 0 unspecified atom stereocenters. The highest BCUT2D eigenvalue weighted by Gasteiger charge is 2.18. The second-order valence-electron chi connectivity index (χ2n) is 12.4. The molecule has 0 N–H and O–H groups in total. The minimum atomic E-state index is 1.23. The normalized spacial score (nSPS) is 11.8. The molecule has 47 heavy (non-hydrogen) atoms. The summed E-state index contributed by atoms with van der Waals surface area (Å²) in [5, 5.41) is 12.9. The molecule has 9 aromatic carbocycles. The lowest BCUT2D eigenvalue weighted by molar-refractivity contribution is 1.64. The lowest BCUT2D eigenvalue weighted by Gasteiger charge is -2.18. The van der Waals surface area contributed by atoms with E-state index in [2.05, 4.69) is 170 Å². The van der Waals surface area contributed by atoms with Crippen molar-refractivity contribution in [1.82, 2.24) is 0 Å². The average Bonchev–Trinajstić information content (AvgIpc) is 3.52. The van der Waals surface area contributed by atoms with Gasteiger partial charge >= 0.3 is 0 Å². The van der Waals surface area contributed by atoms with Crippen molar-refractivity contribution < 1.29 is 0 Å². The van der Waals surface area contributed by atoms with Crippen LogP contribution in [0.5, 0.6) is 0 Å². The minimum Gasteiger partial charge on any atom is -0.135 e. The van der Waals surface area contributed by atoms with Crippen LogP contribution in [0.25, 0.3) is 96.6 Å². The lowest BCUT2D eigenvalue weighted by atomic mass is 9.85. The van der Waals surface area contributed by atoms with E-state index in [1.165, 1.54) is 96.6 Å². The molecule has 0 radical (unpaired) electrons. The fourth-order valence-corrected chi connectivity index (χ4v) is 8.92. The SMILES string of the molecule is c1ccc2cc(-c3c4ccccc4c(-c4ccc(-c5cc6c7ccccc7sc6c6ccccc56)cc4)c4ccccc34)ccc2c1. The van der Waals surface area contributed by atoms with Crippen molar-refractivity contribution in [3.05, 3.63) is 170 Å². The van der Waals surface area contributed by atoms with Gasteiger partial charge in [0.2, 0.25) is 0 Å². The van der Waals surface area contributed by atoms with Crippen LogP contribution in [0.3, 0.4) is 0 Å². The Balaban J connectivity index is 1.19. The summed E-state index contributed by atoms with van der Waals surface area (Å²) in [7, 11) is 0. The van der Waals surface area contributed by atoms with E-state index in [0.717, 1.165) is 0 Å². The topological polar surface area (TPSA) is 0 Å². The fraction of sp³-hybridized carbons (Fsp3) is 0. The van der Waals surface area contributed by atoms with Crippen LogP contribution < -0.4 is 0 Å². The molecule has 0 aliphatic heterocycles. The Labute approximate surface area is 276 Å². The van der Waals surface area contributed by atoms with Gasteiger partial charge in [0.05, 0.1) is 0 Å². The standard InChI is InChI=1S/C46H28S/c1-2-12-32-27-33(26-21-29(32)11-1)45-38-17-6-4-15-36(38)44(37-16-5-7-18-39(37)45)31-24-22-30(23-25-31)41-28-42-35-14-9-10-20-43(35)47-46(42)40-19-8-3-13-34(40)41/h1-28H. The van der Waals surface area contributed by atoms with Crippen molar-refractivity contribution in [3.63, 3.8) is 0 Å². The van der Waals surface area contributed by atoms with Gasteiger partial charge in [-0.25, -0.2) is 0 Å². The quantitative estimate of drug-likeness (QED) is 0.174. The molecule has 1 heteroatoms. The van der Waals surface area contributed by atoms with Crippen molar-refractivity contribution in [2.75, 3.05) is 0 Å². The average molecular weight is 613 g/mol. The van der Waals surface area contributed by atoms with E-state index in [4.69, 9.17) is 0 Å². The Bertz CT molecular complexity index is 2780. The lowest BCUT2D eigenvalue weighted by Crippen LogP contribution is -1.91. The second kappa shape index (κ2) is 10.4. The molecule has 0 saturated carbocycles. The van der Waals surface area contributed by atoms with Crippen LogP contribution in [0.1, 0.15) is 0 Å². The zero-order valence-electron chi connectivity index (χ0n) is 25.6. The number of hydrogen-bond donors (Lipinski definition) is 0. The first-order valence-electron chi connectivity index (χ1n) is 16.2. The molecule has 0 bridgehead atoms. The van der Waals surface area contributed by atoms with E-state index < -0.39 is 0 Å². The molecule has 0 nitrogen and oxygen atoms in total. The van der Waals surface area contributed by atoms with E-state index >= 15 is 0 Å². The van der Waals surface area contributed by atoms with Gasteiger partial charge < -0.3 is 0 Å². The van der Waals surface area contributed by atoms with E-state index in [-0.39, 0.29) is 0 Å². The summed E-state index contributed by atoms with van der Waals surface area (Å²) >= 11 is 1.90. The summed E-state index contributed by atoms with van der Waals surface area (Å²) in [5.41, 5.74) is 7.59. The third-order valence-electron chi connectivity index (χ3n) is 9.84. The Hall–Kier alpha value is -5.76. The predicted octanol–water partition coefficient (Wildman–Crippen LogP) is 13.7. The molecule has 0 spiro atoms. The molecule has 0 fully saturated rings. The van der Waals surface area contributed by atoms with E-state index in [1.54, 1.807) is 0 Å². The predicted molar refractivity (Wildman–Crippen MR) is 206 cm³/mol. The molecule has 0 amide bonds. The van der Waals surface area contributed by atoms with Crippen molar-refractivity contribution in [2.24, 2.45) is 0 Å². The molecule has 0 atom stereocenters. The fourth-order valence-electron chi connectivity index (χ4n) is 7.70. The molecular formula is C46H28S. The first-order valence-corrected chi connectivity index (χ1v) is 17.0. The molecule has 1 heterocycles. The summed E-state index contributed by atoms with van der Waals surface area (Å²) in [6.07, 6.45) is 0. The van der Waals surface area contributed by atoms with Crippen molar-refractivity contribution in [2.45, 2.75) is 0 Å². The van der Waals surface area contributed by atoms with Crippen LogP contribution in [-0.4, -0.2) is 0 Å². The Morgan fingerprint density at radius 1 is 0.298 bits per heavy atom. The van der Waals surface area contributed by atoms with Crippen LogP contribution in [0.4, 0.5) is 0 Å². The number of rotatable bonds is 3. The molecular weight excluding hydrogens is 585 g/mol. The van der Waals surface area contributed by atoms with Gasteiger partial charge in [0.1, 0.15) is 0 Å². The van der Waals surface area contributed by atoms with Crippen LogP contribution in [0, 0.1) is 0 Å². The number of benzene rings is 9. The smallest absolute Gasteiger partial charge is 0.0434 e. The van der Waals surface area contributed by atoms with Crippen molar-refractivity contribution in [3.8, 4) is 33.4 Å². The van der Waals surface area contributed by atoms with Gasteiger partial charge in [-0.05, 0) is 89.3 Å². The van der Waals surface area contributed by atoms with Gasteiger partial charge in [-0.3, -0.25) is 0 Å². The second-order valence-corrected chi connectivity index (χ2v) is 13.5. The molecule has 10 rings (SSSR count). The number of thiophene rings is 1. The van der Waals surface area contributed by atoms with Crippen molar-refractivity contribution in [1.29, 1.82) is 0 Å². The first kappa shape index (κ1) is 26.5. The van der Waals surface area contributed by atoms with Crippen LogP contribution in [-0.2, 0) is 0 Å². The molecule has 0 aliphatic carbocycles. The van der Waals surface area contributed by atoms with Gasteiger partial charge in [-0.15, -0.1) is 11.3 Å². The molecule has 10 aromatic rings. The van der Waals surface area contributed by atoms with Crippen LogP contribution in [0.15, 0.2) is 170 Å². The van der Waals surface area contributed by atoms with Gasteiger partial charge in [-0.2, -0.15) is 0 Å². The molecule has 218 valence electrons. The van der Waals surface area contributed by atoms with Gasteiger partial charge in [0.15, 0.2) is 0 Å². The third kappa shape index (κ3) is 4.07. The van der Waals surface area contributed by atoms with Gasteiger partial charge in [-0.1, -0.05) is 152 Å². The summed E-state index contributed by atoms with van der Waals surface area (Å²) in [5.74, 6) is 0. The Morgan fingerprint density at radius 2 is 0.787 bits per heavy atom. The summed E-state index contributed by atoms with van der Waals surface area (Å²) in [6, 6.07) is 62.7. The highest BCUT2D eigenvalue weighted by molar-refractivity contribution is 7.26. The van der Waals surface area contributed by atoms with E-state index in [0.29, 0.717) is 0 Å². The van der Waals surface area contributed by atoms with E-state index in [9.17, 15) is 0 Å². The summed E-state index contributed by atoms with van der Waals surface area (Å²) < 4.78 is 2.71. The molecule has 1 aromatic heterocycles. The maximum atomic E-state index is 2.41. The van der Waals surface area contributed by atoms with Crippen LogP contribution in [0.2, 0.25) is 0 Å². The zero-order valence-corrected chi connectivity index (χ0v) is 26.4. The highest BCUT2D eigenvalue weighted by Crippen LogP contribution is 2.46. The minimum absolute atomic E-state index is 1.23. The first-order chi connectivity index (χ1) is 23.3. The Morgan fingerprint density at radius 3 is 1.47 bits per heavy atom. The summed E-state index contributed by atoms with van der Waals surface area (Å²) in [4.78, 5) is 0. The largest absolute Gasteiger partial charge is 0.135 e. The highest BCUT2D eigenvalue weighted by atomic mass is 32.1. The Kier molecular flexibility index (Phi) is 5.85. The van der Waals surface area contributed by atoms with Gasteiger partial charge in [0, 0.05) is 25.6 Å². The number of fused-ring (bicyclic) bond motifs is 8. The third-order valence-corrected chi connectivity index (χ3v) is 11.1. The van der Waals surface area contributed by atoms with Gasteiger partial charge in [0.25, 0.3) is 0 Å².